The van der Waals surface area contributed by atoms with Crippen LogP contribution >= 0.6 is 0 Å². The third-order valence-corrected chi connectivity index (χ3v) is 3.47. The number of furan rings is 1. The molecular weight excluding hydrogens is 260 g/mol. The van der Waals surface area contributed by atoms with Crippen molar-refractivity contribution in [1.29, 1.82) is 0 Å². The number of carboxylic acids is 1. The van der Waals surface area contributed by atoms with E-state index in [4.69, 9.17) is 9.52 Å². The number of hydrogen-bond acceptors (Lipinski definition) is 4. The van der Waals surface area contributed by atoms with Gasteiger partial charge in [0.05, 0.1) is 6.54 Å². The number of likely N-dealkylation sites (tertiary alicyclic amines) is 1. The number of nitrogens with zero attached hydrogens (tertiary/aromatic N) is 1. The van der Waals surface area contributed by atoms with Gasteiger partial charge in [0.2, 0.25) is 0 Å². The summed E-state index contributed by atoms with van der Waals surface area (Å²) < 4.78 is 5.36. The van der Waals surface area contributed by atoms with Gasteiger partial charge in [-0.1, -0.05) is 0 Å². The topological polar surface area (TPSA) is 82.8 Å². The number of nitrogens with one attached hydrogen (secondary N) is 1. The summed E-state index contributed by atoms with van der Waals surface area (Å²) in [4.78, 5) is 24.5. The Labute approximate surface area is 117 Å². The lowest BCUT2D eigenvalue weighted by molar-refractivity contribution is -0.136. The van der Waals surface area contributed by atoms with Crippen LogP contribution in [0, 0.1) is 12.8 Å². The Bertz CT molecular complexity index is 483. The average molecular weight is 280 g/mol. The fourth-order valence-corrected chi connectivity index (χ4v) is 2.50. The molecule has 0 radical (unpaired) electrons. The molecule has 6 nitrogen and oxygen atoms in total. The Morgan fingerprint density at radius 3 is 2.95 bits per heavy atom. The lowest BCUT2D eigenvalue weighted by atomic mass is 9.98. The number of rotatable bonds is 5. The molecule has 0 bridgehead atoms. The monoisotopic (exact) mass is 280 g/mol. The SMILES string of the molecule is Cc1ccc(C(=O)N2CCCC(CNCC(=O)O)C2)o1. The van der Waals surface area contributed by atoms with E-state index in [1.807, 2.05) is 6.92 Å². The first-order valence-corrected chi connectivity index (χ1v) is 6.84. The molecule has 1 aromatic rings. The third-order valence-electron chi connectivity index (χ3n) is 3.47. The van der Waals surface area contributed by atoms with Gasteiger partial charge in [-0.2, -0.15) is 0 Å². The van der Waals surface area contributed by atoms with E-state index in [1.165, 1.54) is 0 Å². The zero-order valence-corrected chi connectivity index (χ0v) is 11.6. The fraction of sp³-hybridized carbons (Fsp3) is 0.571. The third kappa shape index (κ3) is 3.84. The van der Waals surface area contributed by atoms with Crippen LogP contribution in [0.3, 0.4) is 0 Å². The molecule has 6 heteroatoms. The normalized spacial score (nSPS) is 19.1. The van der Waals surface area contributed by atoms with Crippen molar-refractivity contribution >= 4 is 11.9 Å². The molecule has 110 valence electrons. The van der Waals surface area contributed by atoms with E-state index < -0.39 is 5.97 Å². The van der Waals surface area contributed by atoms with Crippen molar-refractivity contribution in [3.8, 4) is 0 Å². The number of aliphatic carboxylic acids is 1. The lowest BCUT2D eigenvalue weighted by Crippen LogP contribution is -2.43. The maximum Gasteiger partial charge on any atom is 0.317 e. The van der Waals surface area contributed by atoms with E-state index in [9.17, 15) is 9.59 Å². The quantitative estimate of drug-likeness (QED) is 0.844. The van der Waals surface area contributed by atoms with Gasteiger partial charge in [-0.25, -0.2) is 0 Å². The molecule has 1 atom stereocenters. The summed E-state index contributed by atoms with van der Waals surface area (Å²) >= 11 is 0. The van der Waals surface area contributed by atoms with E-state index in [-0.39, 0.29) is 12.5 Å². The zero-order valence-electron chi connectivity index (χ0n) is 11.6. The maximum absolute atomic E-state index is 12.3. The molecule has 2 N–H and O–H groups in total. The summed E-state index contributed by atoms with van der Waals surface area (Å²) in [5, 5.41) is 11.5. The molecule has 2 heterocycles. The van der Waals surface area contributed by atoms with Gasteiger partial charge in [0.15, 0.2) is 5.76 Å². The fourth-order valence-electron chi connectivity index (χ4n) is 2.50. The maximum atomic E-state index is 12.3. The molecule has 1 aliphatic heterocycles. The van der Waals surface area contributed by atoms with E-state index in [2.05, 4.69) is 5.32 Å². The van der Waals surface area contributed by atoms with Gasteiger partial charge in [-0.15, -0.1) is 0 Å². The first kappa shape index (κ1) is 14.6. The Morgan fingerprint density at radius 1 is 1.50 bits per heavy atom. The van der Waals surface area contributed by atoms with Crippen LogP contribution in [0.5, 0.6) is 0 Å². The van der Waals surface area contributed by atoms with Crippen LogP contribution in [0.1, 0.15) is 29.2 Å². The van der Waals surface area contributed by atoms with Crippen LogP contribution in [0.2, 0.25) is 0 Å². The van der Waals surface area contributed by atoms with Gasteiger partial charge in [0.1, 0.15) is 5.76 Å². The van der Waals surface area contributed by atoms with Crippen molar-refractivity contribution in [3.63, 3.8) is 0 Å². The lowest BCUT2D eigenvalue weighted by Gasteiger charge is -2.32. The molecule has 1 saturated heterocycles. The van der Waals surface area contributed by atoms with Crippen LogP contribution in [-0.2, 0) is 4.79 Å². The highest BCUT2D eigenvalue weighted by Crippen LogP contribution is 2.19. The smallest absolute Gasteiger partial charge is 0.317 e. The highest BCUT2D eigenvalue weighted by atomic mass is 16.4. The molecule has 1 aliphatic rings. The highest BCUT2D eigenvalue weighted by molar-refractivity contribution is 5.91. The highest BCUT2D eigenvalue weighted by Gasteiger charge is 2.25. The zero-order chi connectivity index (χ0) is 14.5. The Kier molecular flexibility index (Phi) is 4.79. The number of hydrogen-bond donors (Lipinski definition) is 2. The van der Waals surface area contributed by atoms with E-state index in [0.717, 1.165) is 25.1 Å². The van der Waals surface area contributed by atoms with Crippen LogP contribution in [-0.4, -0.2) is 48.1 Å². The number of carbonyl (C=O) groups is 2. The number of carboxylic acid groups (broad SMARTS) is 1. The minimum atomic E-state index is -0.861. The van der Waals surface area contributed by atoms with Gasteiger partial charge in [0.25, 0.3) is 5.91 Å². The summed E-state index contributed by atoms with van der Waals surface area (Å²) in [6, 6.07) is 3.48. The molecule has 20 heavy (non-hydrogen) atoms. The van der Waals surface area contributed by atoms with Crippen molar-refractivity contribution in [2.75, 3.05) is 26.2 Å². The van der Waals surface area contributed by atoms with E-state index >= 15 is 0 Å². The minimum absolute atomic E-state index is 0.0399. The molecule has 0 spiro atoms. The largest absolute Gasteiger partial charge is 0.480 e. The first-order valence-electron chi connectivity index (χ1n) is 6.84. The summed E-state index contributed by atoms with van der Waals surface area (Å²) in [6.45, 7) is 3.76. The second-order valence-corrected chi connectivity index (χ2v) is 5.19. The summed E-state index contributed by atoms with van der Waals surface area (Å²) in [5.41, 5.74) is 0. The molecule has 1 unspecified atom stereocenters. The van der Waals surface area contributed by atoms with Crippen molar-refractivity contribution in [2.45, 2.75) is 19.8 Å². The number of aryl methyl sites for hydroxylation is 1. The molecule has 0 saturated carbocycles. The molecule has 2 rings (SSSR count). The predicted octanol–water partition coefficient (Wildman–Crippen LogP) is 1.11. The van der Waals surface area contributed by atoms with Crippen molar-refractivity contribution in [3.05, 3.63) is 23.7 Å². The summed E-state index contributed by atoms with van der Waals surface area (Å²) in [5.74, 6) is 0.454. The Hall–Kier alpha value is -1.82. The molecule has 1 aromatic heterocycles. The van der Waals surface area contributed by atoms with E-state index in [0.29, 0.717) is 24.8 Å². The number of carbonyl (C=O) groups excluding carboxylic acids is 1. The second kappa shape index (κ2) is 6.56. The first-order chi connectivity index (χ1) is 9.56. The molecule has 0 aliphatic carbocycles. The number of piperidine rings is 1. The van der Waals surface area contributed by atoms with Crippen molar-refractivity contribution in [1.82, 2.24) is 10.2 Å². The molecule has 1 fully saturated rings. The summed E-state index contributed by atoms with van der Waals surface area (Å²) in [7, 11) is 0. The van der Waals surface area contributed by atoms with Crippen molar-refractivity contribution in [2.24, 2.45) is 5.92 Å². The van der Waals surface area contributed by atoms with E-state index in [1.54, 1.807) is 17.0 Å². The number of amides is 1. The van der Waals surface area contributed by atoms with Gasteiger partial charge in [-0.3, -0.25) is 9.59 Å². The predicted molar refractivity (Wildman–Crippen MR) is 72.6 cm³/mol. The van der Waals surface area contributed by atoms with Crippen LogP contribution < -0.4 is 5.32 Å². The Morgan fingerprint density at radius 2 is 2.30 bits per heavy atom. The molecule has 1 amide bonds. The van der Waals surface area contributed by atoms with Gasteiger partial charge in [0, 0.05) is 19.6 Å². The van der Waals surface area contributed by atoms with Crippen LogP contribution in [0.15, 0.2) is 16.5 Å². The minimum Gasteiger partial charge on any atom is -0.480 e. The molecular formula is C14H20N2O4. The van der Waals surface area contributed by atoms with Gasteiger partial charge in [-0.05, 0) is 37.8 Å². The Balaban J connectivity index is 1.86. The van der Waals surface area contributed by atoms with Crippen LogP contribution in [0.4, 0.5) is 0 Å². The van der Waals surface area contributed by atoms with Crippen molar-refractivity contribution < 1.29 is 19.1 Å². The van der Waals surface area contributed by atoms with Crippen LogP contribution in [0.25, 0.3) is 0 Å². The standard InChI is InChI=1S/C14H20N2O4/c1-10-4-5-12(20-10)14(19)16-6-2-3-11(9-16)7-15-8-13(17)18/h4-5,11,15H,2-3,6-9H2,1H3,(H,17,18). The molecule has 0 aromatic carbocycles. The summed E-state index contributed by atoms with van der Waals surface area (Å²) in [6.07, 6.45) is 1.94. The van der Waals surface area contributed by atoms with Gasteiger partial charge >= 0.3 is 5.97 Å². The second-order valence-electron chi connectivity index (χ2n) is 5.19. The average Bonchev–Trinajstić information content (AvgIpc) is 2.84. The van der Waals surface area contributed by atoms with Gasteiger partial charge < -0.3 is 19.7 Å².